The smallest absolute Gasteiger partial charge is 0.255 e. The maximum Gasteiger partial charge on any atom is 0.255 e. The zero-order valence-corrected chi connectivity index (χ0v) is 18.7. The van der Waals surface area contributed by atoms with Crippen molar-refractivity contribution in [3.63, 3.8) is 0 Å². The van der Waals surface area contributed by atoms with Gasteiger partial charge in [0.1, 0.15) is 31.3 Å². The van der Waals surface area contributed by atoms with Crippen molar-refractivity contribution in [2.24, 2.45) is 0 Å². The molecule has 2 aromatic heterocycles. The summed E-state index contributed by atoms with van der Waals surface area (Å²) >= 11 is 0. The number of aromatic nitrogens is 2. The molecule has 1 N–H and O–H groups in total. The van der Waals surface area contributed by atoms with E-state index in [0.29, 0.717) is 37.0 Å². The third-order valence-electron chi connectivity index (χ3n) is 4.41. The number of nitrogens with zero attached hydrogens (tertiary/aromatic N) is 2. The first-order valence-corrected chi connectivity index (χ1v) is 10.1. The highest BCUT2D eigenvalue weighted by Crippen LogP contribution is 2.16. The summed E-state index contributed by atoms with van der Waals surface area (Å²) in [7, 11) is 3.24. The molecule has 0 unspecified atom stereocenters. The normalized spacial score (nSPS) is 10.1. The van der Waals surface area contributed by atoms with Gasteiger partial charge in [-0.05, 0) is 45.7 Å². The average molecular weight is 468 g/mol. The molecule has 2 heterocycles. The van der Waals surface area contributed by atoms with Crippen molar-refractivity contribution >= 4 is 6.29 Å². The fourth-order valence-electron chi connectivity index (χ4n) is 2.59. The standard InChI is InChI=1S/C12H13NO4.C12H11NO4/c2*1-15-10-4-2-9(3-5-10)8-16-12-6-11(7-14)17-13-12/h2-6,14H,7-8H2,1H3;2-7H,8H2,1H3. The Bertz CT molecular complexity index is 1140. The molecule has 0 fully saturated rings. The van der Waals surface area contributed by atoms with E-state index in [-0.39, 0.29) is 12.4 Å². The summed E-state index contributed by atoms with van der Waals surface area (Å²) < 4.78 is 30.3. The van der Waals surface area contributed by atoms with Gasteiger partial charge in [-0.25, -0.2) is 0 Å². The van der Waals surface area contributed by atoms with Crippen LogP contribution < -0.4 is 18.9 Å². The highest BCUT2D eigenvalue weighted by atomic mass is 16.5. The Balaban J connectivity index is 0.000000191. The summed E-state index contributed by atoms with van der Waals surface area (Å²) in [6.07, 6.45) is 0.577. The molecule has 0 saturated carbocycles. The number of ether oxygens (including phenoxy) is 4. The van der Waals surface area contributed by atoms with Crippen molar-refractivity contribution in [3.05, 3.63) is 83.3 Å². The topological polar surface area (TPSA) is 126 Å². The maximum atomic E-state index is 10.4. The van der Waals surface area contributed by atoms with Crippen LogP contribution in [0.4, 0.5) is 0 Å². The van der Waals surface area contributed by atoms with E-state index in [2.05, 4.69) is 14.8 Å². The zero-order chi connectivity index (χ0) is 24.2. The predicted molar refractivity (Wildman–Crippen MR) is 119 cm³/mol. The van der Waals surface area contributed by atoms with Gasteiger partial charge in [-0.1, -0.05) is 24.3 Å². The van der Waals surface area contributed by atoms with Gasteiger partial charge in [0, 0.05) is 6.07 Å². The van der Waals surface area contributed by atoms with Crippen molar-refractivity contribution in [3.8, 4) is 23.3 Å². The van der Waals surface area contributed by atoms with Crippen LogP contribution in [-0.4, -0.2) is 35.9 Å². The third kappa shape index (κ3) is 7.38. The van der Waals surface area contributed by atoms with Gasteiger partial charge in [-0.3, -0.25) is 4.79 Å². The van der Waals surface area contributed by atoms with Crippen LogP contribution in [0.15, 0.2) is 69.7 Å². The van der Waals surface area contributed by atoms with Crippen LogP contribution in [0.3, 0.4) is 0 Å². The Kier molecular flexibility index (Phi) is 9.06. The number of hydrogen-bond acceptors (Lipinski definition) is 10. The van der Waals surface area contributed by atoms with E-state index < -0.39 is 0 Å². The minimum Gasteiger partial charge on any atom is -0.497 e. The van der Waals surface area contributed by atoms with E-state index in [9.17, 15) is 4.79 Å². The highest BCUT2D eigenvalue weighted by molar-refractivity contribution is 5.70. The Morgan fingerprint density at radius 2 is 1.29 bits per heavy atom. The lowest BCUT2D eigenvalue weighted by Gasteiger charge is -2.03. The van der Waals surface area contributed by atoms with E-state index in [4.69, 9.17) is 28.6 Å². The molecule has 0 spiro atoms. The molecule has 0 amide bonds. The lowest BCUT2D eigenvalue weighted by molar-refractivity contribution is 0.109. The molecule has 0 aliphatic rings. The highest BCUT2D eigenvalue weighted by Gasteiger charge is 2.05. The second-order valence-electron chi connectivity index (χ2n) is 6.75. The Morgan fingerprint density at radius 3 is 1.71 bits per heavy atom. The van der Waals surface area contributed by atoms with Crippen molar-refractivity contribution in [1.29, 1.82) is 0 Å². The van der Waals surface area contributed by atoms with Crippen LogP contribution in [-0.2, 0) is 19.8 Å². The van der Waals surface area contributed by atoms with Crippen LogP contribution in [0.1, 0.15) is 27.4 Å². The summed E-state index contributed by atoms with van der Waals surface area (Å²) in [6.45, 7) is 0.565. The van der Waals surface area contributed by atoms with Gasteiger partial charge in [0.25, 0.3) is 11.8 Å². The fourth-order valence-corrected chi connectivity index (χ4v) is 2.59. The molecule has 4 rings (SSSR count). The van der Waals surface area contributed by atoms with Crippen molar-refractivity contribution < 1.29 is 37.9 Å². The first kappa shape index (κ1) is 24.3. The monoisotopic (exact) mass is 468 g/mol. The van der Waals surface area contributed by atoms with Gasteiger partial charge >= 0.3 is 0 Å². The van der Waals surface area contributed by atoms with Gasteiger partial charge in [-0.2, -0.15) is 0 Å². The molecule has 34 heavy (non-hydrogen) atoms. The lowest BCUT2D eigenvalue weighted by atomic mass is 10.2. The number of aliphatic hydroxyl groups is 1. The average Bonchev–Trinajstić information content (AvgIpc) is 3.56. The number of benzene rings is 2. The Morgan fingerprint density at radius 1 is 0.794 bits per heavy atom. The summed E-state index contributed by atoms with van der Waals surface area (Å²) in [6, 6.07) is 18.0. The van der Waals surface area contributed by atoms with Gasteiger partial charge < -0.3 is 33.1 Å². The summed E-state index contributed by atoms with van der Waals surface area (Å²) in [5, 5.41) is 16.0. The molecule has 0 bridgehead atoms. The van der Waals surface area contributed by atoms with Gasteiger partial charge in [0.2, 0.25) is 5.76 Å². The molecule has 10 nitrogen and oxygen atoms in total. The molecule has 0 aliphatic carbocycles. The number of rotatable bonds is 10. The molecular formula is C24H24N2O8. The van der Waals surface area contributed by atoms with Gasteiger partial charge in [-0.15, -0.1) is 0 Å². The number of hydrogen-bond donors (Lipinski definition) is 1. The molecule has 4 aromatic rings. The largest absolute Gasteiger partial charge is 0.497 e. The summed E-state index contributed by atoms with van der Waals surface area (Å²) in [5.74, 6) is 2.79. The van der Waals surface area contributed by atoms with Gasteiger partial charge in [0.05, 0.1) is 20.3 Å². The minimum atomic E-state index is -0.182. The van der Waals surface area contributed by atoms with Crippen LogP contribution >= 0.6 is 0 Å². The SMILES string of the molecule is COc1ccc(COc2cc(C=O)on2)cc1.COc1ccc(COc2cc(CO)on2)cc1. The second kappa shape index (κ2) is 12.7. The molecule has 2 aromatic carbocycles. The van der Waals surface area contributed by atoms with E-state index >= 15 is 0 Å². The predicted octanol–water partition coefficient (Wildman–Crippen LogP) is 3.83. The van der Waals surface area contributed by atoms with E-state index in [0.717, 1.165) is 22.6 Å². The number of carbonyl (C=O) groups excluding carboxylic acids is 1. The quantitative estimate of drug-likeness (QED) is 0.343. The van der Waals surface area contributed by atoms with Crippen molar-refractivity contribution in [2.45, 2.75) is 19.8 Å². The lowest BCUT2D eigenvalue weighted by Crippen LogP contribution is -1.95. The molecule has 10 heteroatoms. The number of aldehydes is 1. The zero-order valence-electron chi connectivity index (χ0n) is 18.7. The number of aliphatic hydroxyl groups excluding tert-OH is 1. The summed E-state index contributed by atoms with van der Waals surface area (Å²) in [4.78, 5) is 10.4. The molecular weight excluding hydrogens is 444 g/mol. The Labute approximate surface area is 195 Å². The van der Waals surface area contributed by atoms with Gasteiger partial charge in [0.15, 0.2) is 12.0 Å². The summed E-state index contributed by atoms with van der Waals surface area (Å²) in [5.41, 5.74) is 1.97. The van der Waals surface area contributed by atoms with Crippen molar-refractivity contribution in [2.75, 3.05) is 14.2 Å². The minimum absolute atomic E-state index is 0.148. The van der Waals surface area contributed by atoms with Crippen LogP contribution in [0.2, 0.25) is 0 Å². The van der Waals surface area contributed by atoms with E-state index in [1.807, 2.05) is 48.5 Å². The second-order valence-corrected chi connectivity index (χ2v) is 6.75. The van der Waals surface area contributed by atoms with Crippen LogP contribution in [0, 0.1) is 0 Å². The molecule has 0 aliphatic heterocycles. The maximum absolute atomic E-state index is 10.4. The van der Waals surface area contributed by atoms with E-state index in [1.165, 1.54) is 6.07 Å². The van der Waals surface area contributed by atoms with Crippen LogP contribution in [0.25, 0.3) is 0 Å². The van der Waals surface area contributed by atoms with Crippen molar-refractivity contribution in [1.82, 2.24) is 10.3 Å². The number of carbonyl (C=O) groups is 1. The molecule has 178 valence electrons. The van der Waals surface area contributed by atoms with E-state index in [1.54, 1.807) is 20.3 Å². The molecule has 0 atom stereocenters. The number of methoxy groups -OCH3 is 2. The first-order valence-electron chi connectivity index (χ1n) is 10.1. The van der Waals surface area contributed by atoms with Crippen LogP contribution in [0.5, 0.6) is 23.3 Å². The fraction of sp³-hybridized carbons (Fsp3) is 0.208. The third-order valence-corrected chi connectivity index (χ3v) is 4.41. The first-order chi connectivity index (χ1) is 16.6. The Hall–Kier alpha value is -4.31. The molecule has 0 saturated heterocycles. The molecule has 0 radical (unpaired) electrons.